The fraction of sp³-hybridized carbons (Fsp3) is 0.462. The third-order valence-corrected chi connectivity index (χ3v) is 4.78. The summed E-state index contributed by atoms with van der Waals surface area (Å²) >= 11 is 2.02. The van der Waals surface area contributed by atoms with Crippen LogP contribution in [0.4, 0.5) is 5.69 Å². The molecule has 0 bridgehead atoms. The van der Waals surface area contributed by atoms with Crippen molar-refractivity contribution in [3.63, 3.8) is 0 Å². The molecule has 0 spiro atoms. The summed E-state index contributed by atoms with van der Waals surface area (Å²) in [6.45, 7) is 0.910. The molecule has 2 heterocycles. The average Bonchev–Trinajstić information content (AvgIpc) is 2.97. The summed E-state index contributed by atoms with van der Waals surface area (Å²) in [6.07, 6.45) is 2.55. The molecule has 3 N–H and O–H groups in total. The number of imidazole rings is 1. The number of nitrogens with zero attached hydrogens (tertiary/aromatic N) is 2. The van der Waals surface area contributed by atoms with Crippen molar-refractivity contribution in [3.8, 4) is 0 Å². The zero-order valence-electron chi connectivity index (χ0n) is 10.2. The number of anilines is 1. The number of fused-ring (bicyclic) bond motifs is 1. The number of aliphatic hydroxyl groups is 1. The monoisotopic (exact) mass is 263 g/mol. The largest absolute Gasteiger partial charge is 0.399 e. The van der Waals surface area contributed by atoms with E-state index < -0.39 is 0 Å². The highest BCUT2D eigenvalue weighted by atomic mass is 32.2. The van der Waals surface area contributed by atoms with Gasteiger partial charge in [0, 0.05) is 17.5 Å². The van der Waals surface area contributed by atoms with E-state index in [1.807, 2.05) is 30.0 Å². The summed E-state index contributed by atoms with van der Waals surface area (Å²) in [4.78, 5) is 4.46. The molecule has 3 rings (SSSR count). The van der Waals surface area contributed by atoms with Crippen LogP contribution in [0, 0.1) is 0 Å². The van der Waals surface area contributed by atoms with Crippen molar-refractivity contribution in [1.82, 2.24) is 9.55 Å². The van der Waals surface area contributed by atoms with E-state index in [-0.39, 0.29) is 6.61 Å². The van der Waals surface area contributed by atoms with Crippen molar-refractivity contribution < 1.29 is 5.11 Å². The summed E-state index contributed by atoms with van der Waals surface area (Å²) in [6, 6.07) is 5.76. The van der Waals surface area contributed by atoms with Gasteiger partial charge in [-0.1, -0.05) is 0 Å². The molecular weight excluding hydrogens is 246 g/mol. The van der Waals surface area contributed by atoms with Crippen LogP contribution in [-0.2, 0) is 13.2 Å². The number of aliphatic hydroxyl groups excluding tert-OH is 1. The maximum absolute atomic E-state index is 9.44. The van der Waals surface area contributed by atoms with E-state index in [1.165, 1.54) is 18.6 Å². The second kappa shape index (κ2) is 4.82. The lowest BCUT2D eigenvalue weighted by molar-refractivity contribution is 0.265. The number of hydrogen-bond acceptors (Lipinski definition) is 4. The van der Waals surface area contributed by atoms with Gasteiger partial charge in [-0.25, -0.2) is 4.98 Å². The van der Waals surface area contributed by atoms with E-state index in [0.29, 0.717) is 10.9 Å². The molecule has 4 nitrogen and oxygen atoms in total. The minimum atomic E-state index is -0.0219. The van der Waals surface area contributed by atoms with Gasteiger partial charge in [0.25, 0.3) is 0 Å². The van der Waals surface area contributed by atoms with Crippen LogP contribution in [0.25, 0.3) is 11.0 Å². The van der Waals surface area contributed by atoms with Crippen molar-refractivity contribution >= 4 is 28.5 Å². The van der Waals surface area contributed by atoms with E-state index >= 15 is 0 Å². The summed E-state index contributed by atoms with van der Waals surface area (Å²) < 4.78 is 2.14. The van der Waals surface area contributed by atoms with Crippen LogP contribution >= 0.6 is 11.8 Å². The molecule has 5 heteroatoms. The third-order valence-electron chi connectivity index (χ3n) is 3.40. The second-order valence-electron chi connectivity index (χ2n) is 4.68. The smallest absolute Gasteiger partial charge is 0.135 e. The third kappa shape index (κ3) is 2.08. The second-order valence-corrected chi connectivity index (χ2v) is 6.09. The van der Waals surface area contributed by atoms with Gasteiger partial charge in [0.15, 0.2) is 0 Å². The van der Waals surface area contributed by atoms with Gasteiger partial charge in [-0.2, -0.15) is 11.8 Å². The lowest BCUT2D eigenvalue weighted by Gasteiger charge is -2.12. The SMILES string of the molecule is Nc1ccc2c(c1)nc(CO)n2CC1CCCS1. The van der Waals surface area contributed by atoms with Crippen LogP contribution in [0.3, 0.4) is 0 Å². The van der Waals surface area contributed by atoms with Crippen LogP contribution in [0.5, 0.6) is 0 Å². The number of hydrogen-bond donors (Lipinski definition) is 2. The number of rotatable bonds is 3. The lowest BCUT2D eigenvalue weighted by atomic mass is 10.2. The standard InChI is InChI=1S/C13H17N3OS/c14-9-3-4-12-11(6-9)15-13(8-17)16(12)7-10-2-1-5-18-10/h3-4,6,10,17H,1-2,5,7-8,14H2. The van der Waals surface area contributed by atoms with Gasteiger partial charge in [0.2, 0.25) is 0 Å². The fourth-order valence-corrected chi connectivity index (χ4v) is 3.77. The molecule has 1 atom stereocenters. The molecule has 0 aliphatic carbocycles. The molecule has 1 aliphatic heterocycles. The van der Waals surface area contributed by atoms with Gasteiger partial charge in [0.1, 0.15) is 12.4 Å². The number of nitrogens with two attached hydrogens (primary N) is 1. The van der Waals surface area contributed by atoms with E-state index in [2.05, 4.69) is 9.55 Å². The van der Waals surface area contributed by atoms with Crippen LogP contribution in [0.15, 0.2) is 18.2 Å². The first kappa shape index (κ1) is 11.9. The Labute approximate surface area is 110 Å². The molecule has 0 amide bonds. The maximum atomic E-state index is 9.44. The Morgan fingerprint density at radius 1 is 1.50 bits per heavy atom. The average molecular weight is 263 g/mol. The Balaban J connectivity index is 2.01. The number of thioether (sulfide) groups is 1. The summed E-state index contributed by atoms with van der Waals surface area (Å²) in [5.41, 5.74) is 8.43. The zero-order chi connectivity index (χ0) is 12.5. The van der Waals surface area contributed by atoms with Crippen LogP contribution in [-0.4, -0.2) is 25.7 Å². The fourth-order valence-electron chi connectivity index (χ4n) is 2.51. The zero-order valence-corrected chi connectivity index (χ0v) is 11.0. The molecule has 1 aromatic carbocycles. The molecule has 1 aromatic heterocycles. The van der Waals surface area contributed by atoms with Gasteiger partial charge in [-0.3, -0.25) is 0 Å². The molecule has 0 saturated carbocycles. The lowest BCUT2D eigenvalue weighted by Crippen LogP contribution is -2.12. The highest BCUT2D eigenvalue weighted by molar-refractivity contribution is 8.00. The normalized spacial score (nSPS) is 19.7. The van der Waals surface area contributed by atoms with Gasteiger partial charge in [-0.15, -0.1) is 0 Å². The van der Waals surface area contributed by atoms with Gasteiger partial charge < -0.3 is 15.4 Å². The van der Waals surface area contributed by atoms with Gasteiger partial charge in [0.05, 0.1) is 11.0 Å². The van der Waals surface area contributed by atoms with Gasteiger partial charge >= 0.3 is 0 Å². The first-order chi connectivity index (χ1) is 8.78. The van der Waals surface area contributed by atoms with Crippen LogP contribution < -0.4 is 5.73 Å². The highest BCUT2D eigenvalue weighted by Crippen LogP contribution is 2.29. The van der Waals surface area contributed by atoms with Gasteiger partial charge in [-0.05, 0) is 36.8 Å². The molecule has 1 aliphatic rings. The Hall–Kier alpha value is -1.20. The molecule has 2 aromatic rings. The predicted molar refractivity (Wildman–Crippen MR) is 75.5 cm³/mol. The van der Waals surface area contributed by atoms with Crippen molar-refractivity contribution in [1.29, 1.82) is 0 Å². The Bertz CT molecular complexity index is 561. The number of benzene rings is 1. The summed E-state index contributed by atoms with van der Waals surface area (Å²) in [7, 11) is 0. The van der Waals surface area contributed by atoms with Crippen molar-refractivity contribution in [2.45, 2.75) is 31.2 Å². The van der Waals surface area contributed by atoms with Crippen molar-refractivity contribution in [2.24, 2.45) is 0 Å². The molecule has 18 heavy (non-hydrogen) atoms. The quantitative estimate of drug-likeness (QED) is 0.831. The summed E-state index contributed by atoms with van der Waals surface area (Å²) in [5, 5.41) is 10.1. The first-order valence-corrected chi connectivity index (χ1v) is 7.30. The minimum absolute atomic E-state index is 0.0219. The topological polar surface area (TPSA) is 64.1 Å². The molecule has 1 fully saturated rings. The Morgan fingerprint density at radius 3 is 3.11 bits per heavy atom. The summed E-state index contributed by atoms with van der Waals surface area (Å²) in [5.74, 6) is 1.99. The van der Waals surface area contributed by atoms with Crippen molar-refractivity contribution in [3.05, 3.63) is 24.0 Å². The minimum Gasteiger partial charge on any atom is -0.399 e. The molecule has 0 radical (unpaired) electrons. The van der Waals surface area contributed by atoms with Crippen LogP contribution in [0.2, 0.25) is 0 Å². The van der Waals surface area contributed by atoms with Crippen molar-refractivity contribution in [2.75, 3.05) is 11.5 Å². The molecule has 96 valence electrons. The Kier molecular flexibility index (Phi) is 3.18. The van der Waals surface area contributed by atoms with E-state index in [4.69, 9.17) is 5.73 Å². The number of aromatic nitrogens is 2. The van der Waals surface area contributed by atoms with Crippen LogP contribution in [0.1, 0.15) is 18.7 Å². The van der Waals surface area contributed by atoms with E-state index in [9.17, 15) is 5.11 Å². The molecule has 1 saturated heterocycles. The molecule has 1 unspecified atom stereocenters. The molecular formula is C13H17N3OS. The predicted octanol–water partition coefficient (Wildman–Crippen LogP) is 2.01. The maximum Gasteiger partial charge on any atom is 0.135 e. The highest BCUT2D eigenvalue weighted by Gasteiger charge is 2.19. The number of nitrogen functional groups attached to an aromatic ring is 1. The van der Waals surface area contributed by atoms with E-state index in [0.717, 1.165) is 23.4 Å². The van der Waals surface area contributed by atoms with E-state index in [1.54, 1.807) is 0 Å². The Morgan fingerprint density at radius 2 is 2.39 bits per heavy atom. The first-order valence-electron chi connectivity index (χ1n) is 6.25.